The van der Waals surface area contributed by atoms with Gasteiger partial charge in [0.15, 0.2) is 0 Å². The highest BCUT2D eigenvalue weighted by molar-refractivity contribution is 9.10. The summed E-state index contributed by atoms with van der Waals surface area (Å²) >= 11 is 3.52. The van der Waals surface area contributed by atoms with Crippen molar-refractivity contribution >= 4 is 21.8 Å². The molecular weight excluding hydrogens is 354 g/mol. The Kier molecular flexibility index (Phi) is 3.76. The summed E-state index contributed by atoms with van der Waals surface area (Å²) in [5.41, 5.74) is 1.27. The lowest BCUT2D eigenvalue weighted by Gasteiger charge is -2.22. The fourth-order valence-electron chi connectivity index (χ4n) is 3.26. The second kappa shape index (κ2) is 5.78. The van der Waals surface area contributed by atoms with Crippen LogP contribution in [0.2, 0.25) is 0 Å². The van der Waals surface area contributed by atoms with Crippen molar-refractivity contribution < 1.29 is 4.79 Å². The molecule has 5 heteroatoms. The Bertz CT molecular complexity index is 737. The molecule has 1 aromatic carbocycles. The van der Waals surface area contributed by atoms with Crippen molar-refractivity contribution in [2.24, 2.45) is 13.0 Å². The van der Waals surface area contributed by atoms with Gasteiger partial charge in [0.25, 0.3) is 0 Å². The van der Waals surface area contributed by atoms with Crippen molar-refractivity contribution in [2.45, 2.75) is 37.8 Å². The van der Waals surface area contributed by atoms with E-state index < -0.39 is 0 Å². The number of benzene rings is 1. The summed E-state index contributed by atoms with van der Waals surface area (Å²) in [7, 11) is 1.99. The molecule has 1 heterocycles. The van der Waals surface area contributed by atoms with E-state index in [0.29, 0.717) is 24.4 Å². The normalized spacial score (nSPS) is 22.9. The van der Waals surface area contributed by atoms with Gasteiger partial charge in [-0.05, 0) is 42.9 Å². The Morgan fingerprint density at radius 3 is 2.91 bits per heavy atom. The van der Waals surface area contributed by atoms with Gasteiger partial charge in [0, 0.05) is 35.9 Å². The van der Waals surface area contributed by atoms with Gasteiger partial charge in [-0.3, -0.25) is 4.79 Å². The maximum absolute atomic E-state index is 13.0. The van der Waals surface area contributed by atoms with Gasteiger partial charge >= 0.3 is 0 Å². The number of amides is 1. The summed E-state index contributed by atoms with van der Waals surface area (Å²) in [6.45, 7) is 0.634. The molecule has 2 aliphatic carbocycles. The number of aromatic nitrogens is 2. The molecule has 4 nitrogen and oxygen atoms in total. The SMILES string of the molecule is Cn1ccnc1CN(C(=O)[C@H]1C[C@@H]1c1cccc(Br)c1)C1CC1. The predicted molar refractivity (Wildman–Crippen MR) is 91.8 cm³/mol. The zero-order chi connectivity index (χ0) is 16.0. The summed E-state index contributed by atoms with van der Waals surface area (Å²) in [6, 6.07) is 8.76. The smallest absolute Gasteiger partial charge is 0.226 e. The van der Waals surface area contributed by atoms with Crippen molar-refractivity contribution in [3.63, 3.8) is 0 Å². The fraction of sp³-hybridized carbons (Fsp3) is 0.444. The molecule has 2 atom stereocenters. The van der Waals surface area contributed by atoms with Gasteiger partial charge in [0.05, 0.1) is 6.54 Å². The number of aryl methyl sites for hydroxylation is 1. The molecule has 1 aromatic heterocycles. The molecule has 0 N–H and O–H groups in total. The number of carbonyl (C=O) groups excluding carboxylic acids is 1. The van der Waals surface area contributed by atoms with Crippen LogP contribution in [0.1, 0.15) is 36.6 Å². The maximum atomic E-state index is 13.0. The number of hydrogen-bond acceptors (Lipinski definition) is 2. The third-order valence-corrected chi connectivity index (χ3v) is 5.38. The van der Waals surface area contributed by atoms with Crippen molar-refractivity contribution in [3.05, 3.63) is 52.5 Å². The summed E-state index contributed by atoms with van der Waals surface area (Å²) in [5.74, 6) is 1.79. The Morgan fingerprint density at radius 2 is 2.26 bits per heavy atom. The van der Waals surface area contributed by atoms with E-state index in [0.717, 1.165) is 29.6 Å². The van der Waals surface area contributed by atoms with Crippen LogP contribution in [0.15, 0.2) is 41.1 Å². The lowest BCUT2D eigenvalue weighted by molar-refractivity contribution is -0.134. The number of carbonyl (C=O) groups is 1. The molecule has 2 fully saturated rings. The van der Waals surface area contributed by atoms with Crippen LogP contribution in [0.3, 0.4) is 0 Å². The number of imidazole rings is 1. The van der Waals surface area contributed by atoms with Gasteiger partial charge in [-0.1, -0.05) is 28.1 Å². The Hall–Kier alpha value is -1.62. The molecule has 2 saturated carbocycles. The van der Waals surface area contributed by atoms with E-state index in [1.807, 2.05) is 29.9 Å². The summed E-state index contributed by atoms with van der Waals surface area (Å²) < 4.78 is 3.08. The maximum Gasteiger partial charge on any atom is 0.226 e. The molecule has 0 saturated heterocycles. The van der Waals surface area contributed by atoms with Crippen molar-refractivity contribution in [2.75, 3.05) is 0 Å². The number of rotatable bonds is 5. The van der Waals surface area contributed by atoms with Gasteiger partial charge in [0.1, 0.15) is 5.82 Å². The quantitative estimate of drug-likeness (QED) is 0.804. The zero-order valence-corrected chi connectivity index (χ0v) is 14.7. The van der Waals surface area contributed by atoms with Gasteiger partial charge in [-0.25, -0.2) is 4.98 Å². The third-order valence-electron chi connectivity index (χ3n) is 4.89. The van der Waals surface area contributed by atoms with E-state index in [9.17, 15) is 4.79 Å². The van der Waals surface area contributed by atoms with E-state index in [1.165, 1.54) is 5.56 Å². The van der Waals surface area contributed by atoms with Crippen molar-refractivity contribution in [3.8, 4) is 0 Å². The summed E-state index contributed by atoms with van der Waals surface area (Å²) in [6.07, 6.45) is 6.96. The molecule has 0 radical (unpaired) electrons. The highest BCUT2D eigenvalue weighted by Gasteiger charge is 2.48. The molecule has 0 aliphatic heterocycles. The minimum Gasteiger partial charge on any atom is -0.337 e. The molecule has 23 heavy (non-hydrogen) atoms. The average molecular weight is 374 g/mol. The van der Waals surface area contributed by atoms with Crippen LogP contribution >= 0.6 is 15.9 Å². The van der Waals surface area contributed by atoms with Crippen LogP contribution in [0, 0.1) is 5.92 Å². The van der Waals surface area contributed by atoms with E-state index in [2.05, 4.69) is 37.9 Å². The number of nitrogens with zero attached hydrogens (tertiary/aromatic N) is 3. The molecule has 2 aliphatic rings. The van der Waals surface area contributed by atoms with Crippen LogP contribution in [0.25, 0.3) is 0 Å². The zero-order valence-electron chi connectivity index (χ0n) is 13.2. The number of hydrogen-bond donors (Lipinski definition) is 0. The molecule has 1 amide bonds. The minimum absolute atomic E-state index is 0.144. The standard InChI is InChI=1S/C18H20BrN3O/c1-21-8-7-20-17(21)11-22(14-5-6-14)18(23)16-10-15(16)12-3-2-4-13(19)9-12/h2-4,7-9,14-16H,5-6,10-11H2,1H3/t15-,16+/m1/s1. The van der Waals surface area contributed by atoms with E-state index in [-0.39, 0.29) is 5.92 Å². The fourth-order valence-corrected chi connectivity index (χ4v) is 3.68. The van der Waals surface area contributed by atoms with Gasteiger partial charge in [-0.2, -0.15) is 0 Å². The second-order valence-corrected chi connectivity index (χ2v) is 7.57. The van der Waals surface area contributed by atoms with E-state index >= 15 is 0 Å². The summed E-state index contributed by atoms with van der Waals surface area (Å²) in [4.78, 5) is 19.4. The van der Waals surface area contributed by atoms with Crippen LogP contribution in [-0.4, -0.2) is 26.4 Å². The first kappa shape index (κ1) is 14.9. The molecule has 120 valence electrons. The molecule has 0 unspecified atom stereocenters. The van der Waals surface area contributed by atoms with Gasteiger partial charge < -0.3 is 9.47 Å². The van der Waals surface area contributed by atoms with Gasteiger partial charge in [0.2, 0.25) is 5.91 Å². The first-order chi connectivity index (χ1) is 11.1. The topological polar surface area (TPSA) is 38.1 Å². The van der Waals surface area contributed by atoms with Crippen LogP contribution < -0.4 is 0 Å². The first-order valence-electron chi connectivity index (χ1n) is 8.15. The van der Waals surface area contributed by atoms with Crippen LogP contribution in [0.5, 0.6) is 0 Å². The Morgan fingerprint density at radius 1 is 1.43 bits per heavy atom. The van der Waals surface area contributed by atoms with Gasteiger partial charge in [-0.15, -0.1) is 0 Å². The molecule has 0 spiro atoms. The first-order valence-corrected chi connectivity index (χ1v) is 8.95. The van der Waals surface area contributed by atoms with Crippen molar-refractivity contribution in [1.82, 2.24) is 14.5 Å². The largest absolute Gasteiger partial charge is 0.337 e. The second-order valence-electron chi connectivity index (χ2n) is 6.66. The van der Waals surface area contributed by atoms with Crippen molar-refractivity contribution in [1.29, 1.82) is 0 Å². The Labute approximate surface area is 144 Å². The van der Waals surface area contributed by atoms with Crippen LogP contribution in [0.4, 0.5) is 0 Å². The lowest BCUT2D eigenvalue weighted by Crippen LogP contribution is -2.35. The predicted octanol–water partition coefficient (Wildman–Crippen LogP) is 3.48. The molecular formula is C18H20BrN3O. The summed E-state index contributed by atoms with van der Waals surface area (Å²) in [5, 5.41) is 0. The van der Waals surface area contributed by atoms with E-state index in [4.69, 9.17) is 0 Å². The van der Waals surface area contributed by atoms with E-state index in [1.54, 1.807) is 6.20 Å². The number of halogens is 1. The average Bonchev–Trinajstić information content (AvgIpc) is 3.44. The third kappa shape index (κ3) is 3.07. The van der Waals surface area contributed by atoms with Crippen LogP contribution in [-0.2, 0) is 18.4 Å². The highest BCUT2D eigenvalue weighted by atomic mass is 79.9. The Balaban J connectivity index is 1.48. The highest BCUT2D eigenvalue weighted by Crippen LogP contribution is 2.50. The lowest BCUT2D eigenvalue weighted by atomic mass is 10.1. The minimum atomic E-state index is 0.144. The monoisotopic (exact) mass is 373 g/mol. The molecule has 4 rings (SSSR count). The molecule has 0 bridgehead atoms. The molecule has 2 aromatic rings.